The van der Waals surface area contributed by atoms with E-state index >= 15 is 0 Å². The third-order valence-electron chi connectivity index (χ3n) is 0.880. The largest absolute Gasteiger partial charge is 0.125 e. The van der Waals surface area contributed by atoms with Crippen LogP contribution < -0.4 is 0 Å². The number of hydrogen-bond donors (Lipinski definition) is 0. The molecule has 0 saturated heterocycles. The molecule has 0 nitrogen and oxygen atoms in total. The minimum absolute atomic E-state index is 0.106. The minimum atomic E-state index is 0.106. The van der Waals surface area contributed by atoms with E-state index in [1.807, 2.05) is 0 Å². The Morgan fingerprint density at radius 2 is 2.00 bits per heavy atom. The standard InChI is InChI=1S/C5H9Br2Cl/c1-5(2,7)4(6)3-8/h4H,3H2,1-2H3. The number of alkyl halides is 3. The summed E-state index contributed by atoms with van der Waals surface area (Å²) in [6, 6.07) is 0. The highest BCUT2D eigenvalue weighted by Gasteiger charge is 2.22. The SMILES string of the molecule is CC(C)(Br)C(Br)CCl. The van der Waals surface area contributed by atoms with Crippen LogP contribution in [-0.2, 0) is 0 Å². The van der Waals surface area contributed by atoms with Crippen molar-refractivity contribution in [3.8, 4) is 0 Å². The van der Waals surface area contributed by atoms with Gasteiger partial charge in [-0.05, 0) is 13.8 Å². The van der Waals surface area contributed by atoms with Crippen LogP contribution in [0, 0.1) is 0 Å². The summed E-state index contributed by atoms with van der Waals surface area (Å²) in [6.45, 7) is 4.16. The van der Waals surface area contributed by atoms with Gasteiger partial charge >= 0.3 is 0 Å². The summed E-state index contributed by atoms with van der Waals surface area (Å²) in [5, 5.41) is 0. The zero-order chi connectivity index (χ0) is 6.78. The van der Waals surface area contributed by atoms with Crippen LogP contribution in [0.5, 0.6) is 0 Å². The summed E-state index contributed by atoms with van der Waals surface area (Å²) < 4.78 is 0.106. The fraction of sp³-hybridized carbons (Fsp3) is 1.00. The number of halogens is 3. The first-order chi connectivity index (χ1) is 3.48. The van der Waals surface area contributed by atoms with Gasteiger partial charge in [-0.1, -0.05) is 31.9 Å². The summed E-state index contributed by atoms with van der Waals surface area (Å²) in [7, 11) is 0. The highest BCUT2D eigenvalue weighted by atomic mass is 79.9. The molecular weight excluding hydrogens is 255 g/mol. The van der Waals surface area contributed by atoms with Crippen molar-refractivity contribution in [3.05, 3.63) is 0 Å². The minimum Gasteiger partial charge on any atom is -0.125 e. The van der Waals surface area contributed by atoms with E-state index in [4.69, 9.17) is 11.6 Å². The van der Waals surface area contributed by atoms with E-state index in [9.17, 15) is 0 Å². The molecule has 0 amide bonds. The highest BCUT2D eigenvalue weighted by Crippen LogP contribution is 2.27. The van der Waals surface area contributed by atoms with Crippen molar-refractivity contribution >= 4 is 43.5 Å². The number of hydrogen-bond acceptors (Lipinski definition) is 0. The lowest BCUT2D eigenvalue weighted by Gasteiger charge is -2.20. The maximum absolute atomic E-state index is 5.56. The Morgan fingerprint density at radius 1 is 1.62 bits per heavy atom. The lowest BCUT2D eigenvalue weighted by Crippen LogP contribution is -2.25. The van der Waals surface area contributed by atoms with E-state index in [1.165, 1.54) is 0 Å². The predicted octanol–water partition coefficient (Wildman–Crippen LogP) is 3.16. The Morgan fingerprint density at radius 3 is 2.00 bits per heavy atom. The van der Waals surface area contributed by atoms with Crippen molar-refractivity contribution < 1.29 is 0 Å². The van der Waals surface area contributed by atoms with Gasteiger partial charge in [0, 0.05) is 15.0 Å². The predicted molar refractivity (Wildman–Crippen MR) is 46.4 cm³/mol. The van der Waals surface area contributed by atoms with E-state index in [0.29, 0.717) is 10.7 Å². The molecule has 1 atom stereocenters. The lowest BCUT2D eigenvalue weighted by atomic mass is 10.2. The normalized spacial score (nSPS) is 16.1. The topological polar surface area (TPSA) is 0 Å². The fourth-order valence-electron chi connectivity index (χ4n) is 0.183. The Balaban J connectivity index is 3.62. The van der Waals surface area contributed by atoms with Crippen molar-refractivity contribution in [2.24, 2.45) is 0 Å². The molecule has 0 saturated carbocycles. The smallest absolute Gasteiger partial charge is 0.0429 e. The molecule has 0 aliphatic heterocycles. The summed E-state index contributed by atoms with van der Waals surface area (Å²) in [4.78, 5) is 0.344. The van der Waals surface area contributed by atoms with Crippen molar-refractivity contribution in [2.45, 2.75) is 23.0 Å². The molecule has 0 aromatic rings. The first kappa shape index (κ1) is 9.25. The van der Waals surface area contributed by atoms with Crippen LogP contribution in [-0.4, -0.2) is 15.0 Å². The molecule has 0 rings (SSSR count). The monoisotopic (exact) mass is 262 g/mol. The maximum Gasteiger partial charge on any atom is 0.0429 e. The van der Waals surface area contributed by atoms with Gasteiger partial charge in [0.05, 0.1) is 0 Å². The Hall–Kier alpha value is 1.25. The van der Waals surface area contributed by atoms with E-state index in [1.54, 1.807) is 0 Å². The lowest BCUT2D eigenvalue weighted by molar-refractivity contribution is 0.731. The molecule has 3 heteroatoms. The molecular formula is C5H9Br2Cl. The summed E-state index contributed by atoms with van der Waals surface area (Å²) >= 11 is 12.5. The molecule has 0 heterocycles. The zero-order valence-corrected chi connectivity index (χ0v) is 8.85. The summed E-state index contributed by atoms with van der Waals surface area (Å²) in [5.74, 6) is 0.637. The molecule has 0 aromatic heterocycles. The molecule has 0 aromatic carbocycles. The molecule has 0 radical (unpaired) electrons. The summed E-state index contributed by atoms with van der Waals surface area (Å²) in [6.07, 6.45) is 0. The van der Waals surface area contributed by atoms with Gasteiger partial charge in [0.2, 0.25) is 0 Å². The Labute approximate surface area is 72.2 Å². The first-order valence-electron chi connectivity index (χ1n) is 2.37. The van der Waals surface area contributed by atoms with Crippen molar-refractivity contribution in [2.75, 3.05) is 5.88 Å². The van der Waals surface area contributed by atoms with Crippen molar-refractivity contribution in [3.63, 3.8) is 0 Å². The number of rotatable bonds is 2. The molecule has 0 spiro atoms. The van der Waals surface area contributed by atoms with E-state index in [0.717, 1.165) is 0 Å². The van der Waals surface area contributed by atoms with Crippen LogP contribution >= 0.6 is 43.5 Å². The van der Waals surface area contributed by atoms with E-state index < -0.39 is 0 Å². The Bertz CT molecular complexity index is 67.3. The molecule has 0 aliphatic carbocycles. The fourth-order valence-corrected chi connectivity index (χ4v) is 0.917. The van der Waals surface area contributed by atoms with Crippen LogP contribution in [0.15, 0.2) is 0 Å². The quantitative estimate of drug-likeness (QED) is 0.672. The van der Waals surface area contributed by atoms with Gasteiger partial charge in [0.25, 0.3) is 0 Å². The molecule has 0 fully saturated rings. The van der Waals surface area contributed by atoms with Crippen molar-refractivity contribution in [1.29, 1.82) is 0 Å². The van der Waals surface area contributed by atoms with E-state index in [2.05, 4.69) is 45.7 Å². The van der Waals surface area contributed by atoms with Gasteiger partial charge < -0.3 is 0 Å². The third kappa shape index (κ3) is 3.31. The van der Waals surface area contributed by atoms with E-state index in [-0.39, 0.29) is 4.32 Å². The molecule has 0 N–H and O–H groups in total. The Kier molecular flexibility index (Phi) is 3.96. The average Bonchev–Trinajstić information content (AvgIpc) is 1.62. The van der Waals surface area contributed by atoms with Crippen LogP contribution in [0.2, 0.25) is 0 Å². The van der Waals surface area contributed by atoms with Crippen molar-refractivity contribution in [1.82, 2.24) is 0 Å². The maximum atomic E-state index is 5.56. The average molecular weight is 264 g/mol. The first-order valence-corrected chi connectivity index (χ1v) is 4.61. The third-order valence-corrected chi connectivity index (χ3v) is 4.20. The van der Waals surface area contributed by atoms with Crippen LogP contribution in [0.25, 0.3) is 0 Å². The molecule has 0 aliphatic rings. The molecule has 0 bridgehead atoms. The second-order valence-corrected chi connectivity index (χ2v) is 5.64. The van der Waals surface area contributed by atoms with Gasteiger partial charge in [0.1, 0.15) is 0 Å². The van der Waals surface area contributed by atoms with Crippen LogP contribution in [0.1, 0.15) is 13.8 Å². The molecule has 50 valence electrons. The highest BCUT2D eigenvalue weighted by molar-refractivity contribution is 9.12. The van der Waals surface area contributed by atoms with Gasteiger partial charge in [-0.25, -0.2) is 0 Å². The summed E-state index contributed by atoms with van der Waals surface area (Å²) in [5.41, 5.74) is 0. The van der Waals surface area contributed by atoms with Gasteiger partial charge in [-0.2, -0.15) is 0 Å². The second-order valence-electron chi connectivity index (χ2n) is 2.19. The second kappa shape index (κ2) is 3.43. The van der Waals surface area contributed by atoms with Crippen LogP contribution in [0.4, 0.5) is 0 Å². The zero-order valence-electron chi connectivity index (χ0n) is 4.92. The van der Waals surface area contributed by atoms with Crippen LogP contribution in [0.3, 0.4) is 0 Å². The molecule has 8 heavy (non-hydrogen) atoms. The van der Waals surface area contributed by atoms with Gasteiger partial charge in [0.15, 0.2) is 0 Å². The van der Waals surface area contributed by atoms with Gasteiger partial charge in [-0.3, -0.25) is 0 Å². The molecule has 1 unspecified atom stereocenters. The van der Waals surface area contributed by atoms with Gasteiger partial charge in [-0.15, -0.1) is 11.6 Å².